The molecule has 0 aliphatic heterocycles. The topological polar surface area (TPSA) is 39.2 Å². The summed E-state index contributed by atoms with van der Waals surface area (Å²) in [7, 11) is 0. The van der Waals surface area contributed by atoms with Crippen LogP contribution >= 0.6 is 0 Å². The van der Waals surface area contributed by atoms with Crippen LogP contribution in [-0.4, -0.2) is 11.0 Å². The van der Waals surface area contributed by atoms with E-state index in [9.17, 15) is 13.6 Å². The highest BCUT2D eigenvalue weighted by Gasteiger charge is 2.12. The van der Waals surface area contributed by atoms with Crippen molar-refractivity contribution in [1.82, 2.24) is 4.98 Å². The normalized spacial score (nSPS) is 10.2. The van der Waals surface area contributed by atoms with E-state index < -0.39 is 17.9 Å². The summed E-state index contributed by atoms with van der Waals surface area (Å²) in [5, 5.41) is 0. The molecule has 0 aliphatic rings. The van der Waals surface area contributed by atoms with Gasteiger partial charge in [0, 0.05) is 12.1 Å². The molecule has 3 nitrogen and oxygen atoms in total. The van der Waals surface area contributed by atoms with Crippen LogP contribution in [0, 0.1) is 18.8 Å². The highest BCUT2D eigenvalue weighted by atomic mass is 19.1. The molecular weight excluding hydrogens is 240 g/mol. The largest absolute Gasteiger partial charge is 0.423 e. The van der Waals surface area contributed by atoms with Crippen LogP contribution in [0.1, 0.15) is 15.9 Å². The van der Waals surface area contributed by atoms with Crippen LogP contribution < -0.4 is 4.74 Å². The lowest BCUT2D eigenvalue weighted by molar-refractivity contribution is 0.0733. The number of nitrogens with zero attached hydrogens (tertiary/aromatic N) is 1. The van der Waals surface area contributed by atoms with Gasteiger partial charge in [-0.05, 0) is 24.6 Å². The second-order valence-corrected chi connectivity index (χ2v) is 3.71. The lowest BCUT2D eigenvalue weighted by Crippen LogP contribution is -2.10. The summed E-state index contributed by atoms with van der Waals surface area (Å²) < 4.78 is 30.7. The molecule has 1 aromatic carbocycles. The lowest BCUT2D eigenvalue weighted by Gasteiger charge is -2.05. The molecule has 0 spiro atoms. The number of ether oxygens (including phenoxy) is 1. The fourth-order valence-corrected chi connectivity index (χ4v) is 1.43. The van der Waals surface area contributed by atoms with Gasteiger partial charge in [-0.25, -0.2) is 4.79 Å². The first-order valence-corrected chi connectivity index (χ1v) is 5.16. The van der Waals surface area contributed by atoms with E-state index in [1.807, 2.05) is 13.0 Å². The lowest BCUT2D eigenvalue weighted by atomic mass is 10.2. The molecule has 18 heavy (non-hydrogen) atoms. The van der Waals surface area contributed by atoms with Crippen LogP contribution in [0.3, 0.4) is 0 Å². The molecule has 2 aromatic rings. The maximum atomic E-state index is 12.8. The maximum Gasteiger partial charge on any atom is 0.343 e. The molecular formula is C13H9F2NO2. The molecule has 0 atom stereocenters. The first-order chi connectivity index (χ1) is 8.54. The molecule has 1 heterocycles. The van der Waals surface area contributed by atoms with Crippen molar-refractivity contribution in [3.8, 4) is 5.75 Å². The van der Waals surface area contributed by atoms with Crippen molar-refractivity contribution >= 4 is 5.97 Å². The SMILES string of the molecule is Cc1cccc(OC(=O)c2cc(F)nc(F)c2)c1. The molecule has 0 bridgehead atoms. The molecule has 0 N–H and O–H groups in total. The van der Waals surface area contributed by atoms with Gasteiger partial charge in [0.2, 0.25) is 11.9 Å². The number of hydrogen-bond acceptors (Lipinski definition) is 3. The van der Waals surface area contributed by atoms with Gasteiger partial charge in [0.25, 0.3) is 0 Å². The van der Waals surface area contributed by atoms with Crippen molar-refractivity contribution in [2.45, 2.75) is 6.92 Å². The first kappa shape index (κ1) is 12.2. The van der Waals surface area contributed by atoms with Crippen molar-refractivity contribution in [1.29, 1.82) is 0 Å². The van der Waals surface area contributed by atoms with Crippen molar-refractivity contribution in [3.05, 3.63) is 59.4 Å². The van der Waals surface area contributed by atoms with E-state index in [2.05, 4.69) is 4.98 Å². The van der Waals surface area contributed by atoms with Gasteiger partial charge in [0.15, 0.2) is 0 Å². The number of hydrogen-bond donors (Lipinski definition) is 0. The third kappa shape index (κ3) is 2.88. The Morgan fingerprint density at radius 2 is 1.83 bits per heavy atom. The molecule has 0 amide bonds. The zero-order valence-electron chi connectivity index (χ0n) is 9.48. The number of aromatic nitrogens is 1. The van der Waals surface area contributed by atoms with Crippen LogP contribution in [0.5, 0.6) is 5.75 Å². The average molecular weight is 249 g/mol. The van der Waals surface area contributed by atoms with Crippen LogP contribution in [0.4, 0.5) is 8.78 Å². The smallest absolute Gasteiger partial charge is 0.343 e. The fourth-order valence-electron chi connectivity index (χ4n) is 1.43. The summed E-state index contributed by atoms with van der Waals surface area (Å²) in [6.45, 7) is 1.84. The molecule has 0 saturated heterocycles. The van der Waals surface area contributed by atoms with Gasteiger partial charge < -0.3 is 4.74 Å². The third-order valence-electron chi connectivity index (χ3n) is 2.20. The number of halogens is 2. The minimum atomic E-state index is -1.06. The van der Waals surface area contributed by atoms with Gasteiger partial charge in [0.05, 0.1) is 5.56 Å². The highest BCUT2D eigenvalue weighted by molar-refractivity contribution is 5.90. The van der Waals surface area contributed by atoms with Gasteiger partial charge in [-0.1, -0.05) is 12.1 Å². The van der Waals surface area contributed by atoms with E-state index in [1.54, 1.807) is 18.2 Å². The number of benzene rings is 1. The van der Waals surface area contributed by atoms with Gasteiger partial charge in [-0.15, -0.1) is 0 Å². The number of pyridine rings is 1. The summed E-state index contributed by atoms with van der Waals surface area (Å²) in [5.41, 5.74) is 0.689. The van der Waals surface area contributed by atoms with E-state index in [0.29, 0.717) is 5.75 Å². The minimum Gasteiger partial charge on any atom is -0.423 e. The summed E-state index contributed by atoms with van der Waals surface area (Å²) in [5.74, 6) is -2.64. The van der Waals surface area contributed by atoms with E-state index in [4.69, 9.17) is 4.74 Å². The van der Waals surface area contributed by atoms with Crippen LogP contribution in [0.2, 0.25) is 0 Å². The Morgan fingerprint density at radius 1 is 1.17 bits per heavy atom. The molecule has 1 aromatic heterocycles. The molecule has 2 rings (SSSR count). The Morgan fingerprint density at radius 3 is 2.44 bits per heavy atom. The zero-order valence-corrected chi connectivity index (χ0v) is 9.48. The summed E-state index contributed by atoms with van der Waals surface area (Å²) in [6.07, 6.45) is 0. The third-order valence-corrected chi connectivity index (χ3v) is 2.20. The highest BCUT2D eigenvalue weighted by Crippen LogP contribution is 2.15. The van der Waals surface area contributed by atoms with Crippen LogP contribution in [0.15, 0.2) is 36.4 Å². The number of rotatable bonds is 2. The molecule has 5 heteroatoms. The monoisotopic (exact) mass is 249 g/mol. The molecule has 92 valence electrons. The Balaban J connectivity index is 2.22. The van der Waals surface area contributed by atoms with Crippen molar-refractivity contribution in [3.63, 3.8) is 0 Å². The Labute approximate surface area is 102 Å². The summed E-state index contributed by atoms with van der Waals surface area (Å²) in [6, 6.07) is 8.42. The van der Waals surface area contributed by atoms with Crippen molar-refractivity contribution < 1.29 is 18.3 Å². The van der Waals surface area contributed by atoms with E-state index in [0.717, 1.165) is 17.7 Å². The van der Waals surface area contributed by atoms with Gasteiger partial charge in [-0.2, -0.15) is 13.8 Å². The second-order valence-electron chi connectivity index (χ2n) is 3.71. The number of carbonyl (C=O) groups is 1. The second kappa shape index (κ2) is 4.91. The standard InChI is InChI=1S/C13H9F2NO2/c1-8-3-2-4-10(5-8)18-13(17)9-6-11(14)16-12(15)7-9/h2-7H,1H3. The van der Waals surface area contributed by atoms with Gasteiger partial charge in [-0.3, -0.25) is 0 Å². The van der Waals surface area contributed by atoms with E-state index >= 15 is 0 Å². The minimum absolute atomic E-state index is 0.221. The summed E-state index contributed by atoms with van der Waals surface area (Å²) in [4.78, 5) is 14.5. The molecule has 0 fully saturated rings. The number of aryl methyl sites for hydroxylation is 1. The number of esters is 1. The van der Waals surface area contributed by atoms with Gasteiger partial charge in [0.1, 0.15) is 5.75 Å². The predicted octanol–water partition coefficient (Wildman–Crippen LogP) is 2.89. The zero-order chi connectivity index (χ0) is 13.1. The Kier molecular flexibility index (Phi) is 3.32. The number of carbonyl (C=O) groups excluding carboxylic acids is 1. The molecule has 0 unspecified atom stereocenters. The fraction of sp³-hybridized carbons (Fsp3) is 0.0769. The Hall–Kier alpha value is -2.30. The summed E-state index contributed by atoms with van der Waals surface area (Å²) >= 11 is 0. The maximum absolute atomic E-state index is 12.8. The average Bonchev–Trinajstić information content (AvgIpc) is 2.27. The van der Waals surface area contributed by atoms with Crippen molar-refractivity contribution in [2.24, 2.45) is 0 Å². The van der Waals surface area contributed by atoms with Crippen LogP contribution in [0.25, 0.3) is 0 Å². The van der Waals surface area contributed by atoms with Crippen molar-refractivity contribution in [2.75, 3.05) is 0 Å². The van der Waals surface area contributed by atoms with E-state index in [-0.39, 0.29) is 5.56 Å². The predicted molar refractivity (Wildman–Crippen MR) is 60.3 cm³/mol. The van der Waals surface area contributed by atoms with Crippen LogP contribution in [-0.2, 0) is 0 Å². The van der Waals surface area contributed by atoms with E-state index in [1.165, 1.54) is 0 Å². The molecule has 0 aliphatic carbocycles. The molecule has 0 radical (unpaired) electrons. The van der Waals surface area contributed by atoms with Gasteiger partial charge >= 0.3 is 5.97 Å². The quantitative estimate of drug-likeness (QED) is 0.466. The molecule has 0 saturated carbocycles. The first-order valence-electron chi connectivity index (χ1n) is 5.16. The Bertz CT molecular complexity index is 579.